The van der Waals surface area contributed by atoms with Crippen LogP contribution in [0.25, 0.3) is 10.6 Å². The monoisotopic (exact) mass is 247 g/mol. The second kappa shape index (κ2) is 4.98. The summed E-state index contributed by atoms with van der Waals surface area (Å²) in [6.45, 7) is 6.58. The number of aromatic nitrogens is 1. The van der Waals surface area contributed by atoms with E-state index in [-0.39, 0.29) is 6.61 Å². The Labute approximate surface area is 106 Å². The minimum Gasteiger partial charge on any atom is -0.396 e. The van der Waals surface area contributed by atoms with Crippen LogP contribution in [0.1, 0.15) is 22.4 Å². The van der Waals surface area contributed by atoms with Gasteiger partial charge in [-0.3, -0.25) is 0 Å². The van der Waals surface area contributed by atoms with Gasteiger partial charge in [0.05, 0.1) is 5.69 Å². The Morgan fingerprint density at radius 1 is 1.18 bits per heavy atom. The third-order valence-electron chi connectivity index (χ3n) is 3.21. The number of benzene rings is 1. The molecule has 3 heteroatoms. The van der Waals surface area contributed by atoms with Crippen LogP contribution in [0.5, 0.6) is 0 Å². The number of nitrogens with zero attached hydrogens (tertiary/aromatic N) is 1. The number of hydrogen-bond acceptors (Lipinski definition) is 3. The molecule has 0 unspecified atom stereocenters. The lowest BCUT2D eigenvalue weighted by molar-refractivity contribution is 0.298. The van der Waals surface area contributed by atoms with Crippen molar-refractivity contribution in [1.82, 2.24) is 4.98 Å². The standard InChI is InChI=1S/C14H17NOS/c1-9-4-5-13(11(3)10(9)2)14-15-12(6-7-16)8-17-14/h4-5,8,16H,6-7H2,1-3H3. The summed E-state index contributed by atoms with van der Waals surface area (Å²) >= 11 is 1.65. The van der Waals surface area contributed by atoms with Crippen LogP contribution in [0.3, 0.4) is 0 Å². The lowest BCUT2D eigenvalue weighted by Crippen LogP contribution is -1.92. The minimum atomic E-state index is 0.162. The summed E-state index contributed by atoms with van der Waals surface area (Å²) in [6, 6.07) is 4.28. The maximum absolute atomic E-state index is 8.90. The second-order valence-corrected chi connectivity index (χ2v) is 5.16. The van der Waals surface area contributed by atoms with Gasteiger partial charge in [-0.1, -0.05) is 12.1 Å². The number of aryl methyl sites for hydroxylation is 1. The molecular weight excluding hydrogens is 230 g/mol. The van der Waals surface area contributed by atoms with Crippen molar-refractivity contribution in [1.29, 1.82) is 0 Å². The van der Waals surface area contributed by atoms with E-state index >= 15 is 0 Å². The fourth-order valence-electron chi connectivity index (χ4n) is 1.85. The topological polar surface area (TPSA) is 33.1 Å². The summed E-state index contributed by atoms with van der Waals surface area (Å²) < 4.78 is 0. The Balaban J connectivity index is 2.42. The van der Waals surface area contributed by atoms with Crippen LogP contribution < -0.4 is 0 Å². The predicted octanol–water partition coefficient (Wildman–Crippen LogP) is 3.27. The average Bonchev–Trinajstić information content (AvgIpc) is 2.75. The van der Waals surface area contributed by atoms with E-state index in [1.807, 2.05) is 5.38 Å². The van der Waals surface area contributed by atoms with Crippen molar-refractivity contribution in [2.45, 2.75) is 27.2 Å². The molecule has 0 radical (unpaired) electrons. The first-order valence-corrected chi connectivity index (χ1v) is 6.64. The average molecular weight is 247 g/mol. The van der Waals surface area contributed by atoms with E-state index in [1.165, 1.54) is 22.3 Å². The molecular formula is C14H17NOS. The summed E-state index contributed by atoms with van der Waals surface area (Å²) in [5.74, 6) is 0. The molecule has 90 valence electrons. The SMILES string of the molecule is Cc1ccc(-c2nc(CCO)cs2)c(C)c1C. The van der Waals surface area contributed by atoms with Crippen LogP contribution in [0.15, 0.2) is 17.5 Å². The summed E-state index contributed by atoms with van der Waals surface area (Å²) in [5, 5.41) is 12.0. The van der Waals surface area contributed by atoms with Crippen molar-refractivity contribution in [3.8, 4) is 10.6 Å². The molecule has 0 bridgehead atoms. The van der Waals surface area contributed by atoms with Crippen LogP contribution in [0, 0.1) is 20.8 Å². The van der Waals surface area contributed by atoms with Crippen LogP contribution in [-0.2, 0) is 6.42 Å². The van der Waals surface area contributed by atoms with Crippen LogP contribution in [-0.4, -0.2) is 16.7 Å². The molecule has 0 spiro atoms. The molecule has 1 heterocycles. The Morgan fingerprint density at radius 2 is 1.94 bits per heavy atom. The van der Waals surface area contributed by atoms with E-state index < -0.39 is 0 Å². The molecule has 2 aromatic rings. The predicted molar refractivity (Wildman–Crippen MR) is 72.6 cm³/mol. The fraction of sp³-hybridized carbons (Fsp3) is 0.357. The van der Waals surface area contributed by atoms with Crippen molar-refractivity contribution in [3.63, 3.8) is 0 Å². The van der Waals surface area contributed by atoms with E-state index in [9.17, 15) is 0 Å². The van der Waals surface area contributed by atoms with Gasteiger partial charge in [0.2, 0.25) is 0 Å². The lowest BCUT2D eigenvalue weighted by atomic mass is 9.99. The molecule has 2 nitrogen and oxygen atoms in total. The zero-order chi connectivity index (χ0) is 12.4. The summed E-state index contributed by atoms with van der Waals surface area (Å²) in [5.41, 5.74) is 6.14. The molecule has 0 amide bonds. The molecule has 0 aliphatic heterocycles. The molecule has 17 heavy (non-hydrogen) atoms. The molecule has 0 aliphatic carbocycles. The number of rotatable bonds is 3. The first kappa shape index (κ1) is 12.3. The summed E-state index contributed by atoms with van der Waals surface area (Å²) in [4.78, 5) is 4.56. The van der Waals surface area contributed by atoms with Gasteiger partial charge in [-0.15, -0.1) is 11.3 Å². The third kappa shape index (κ3) is 2.40. The van der Waals surface area contributed by atoms with Crippen LogP contribution >= 0.6 is 11.3 Å². The number of aliphatic hydroxyl groups excluding tert-OH is 1. The quantitative estimate of drug-likeness (QED) is 0.903. The molecule has 1 aromatic heterocycles. The van der Waals surface area contributed by atoms with Gasteiger partial charge < -0.3 is 5.11 Å². The fourth-order valence-corrected chi connectivity index (χ4v) is 2.78. The van der Waals surface area contributed by atoms with Crippen molar-refractivity contribution < 1.29 is 5.11 Å². The molecule has 2 rings (SSSR count). The van der Waals surface area contributed by atoms with Gasteiger partial charge in [0, 0.05) is 24.0 Å². The smallest absolute Gasteiger partial charge is 0.123 e. The van der Waals surface area contributed by atoms with Crippen molar-refractivity contribution in [2.24, 2.45) is 0 Å². The van der Waals surface area contributed by atoms with Crippen molar-refractivity contribution in [3.05, 3.63) is 39.9 Å². The van der Waals surface area contributed by atoms with Gasteiger partial charge in [-0.05, 0) is 37.5 Å². The molecule has 0 saturated heterocycles. The van der Waals surface area contributed by atoms with Gasteiger partial charge in [-0.25, -0.2) is 4.98 Å². The summed E-state index contributed by atoms with van der Waals surface area (Å²) in [7, 11) is 0. The zero-order valence-corrected chi connectivity index (χ0v) is 11.3. The van der Waals surface area contributed by atoms with Gasteiger partial charge in [0.1, 0.15) is 5.01 Å². The highest BCUT2D eigenvalue weighted by Crippen LogP contribution is 2.29. The second-order valence-electron chi connectivity index (χ2n) is 4.30. The Bertz CT molecular complexity index is 531. The van der Waals surface area contributed by atoms with Gasteiger partial charge in [0.15, 0.2) is 0 Å². The zero-order valence-electron chi connectivity index (χ0n) is 10.4. The first-order valence-electron chi connectivity index (χ1n) is 5.76. The number of thiazole rings is 1. The molecule has 0 atom stereocenters. The highest BCUT2D eigenvalue weighted by atomic mass is 32.1. The number of hydrogen-bond donors (Lipinski definition) is 1. The van der Waals surface area contributed by atoms with E-state index in [4.69, 9.17) is 5.11 Å². The highest BCUT2D eigenvalue weighted by molar-refractivity contribution is 7.13. The Kier molecular flexibility index (Phi) is 3.60. The van der Waals surface area contributed by atoms with Crippen molar-refractivity contribution >= 4 is 11.3 Å². The van der Waals surface area contributed by atoms with Crippen molar-refractivity contribution in [2.75, 3.05) is 6.61 Å². The van der Waals surface area contributed by atoms with Gasteiger partial charge >= 0.3 is 0 Å². The van der Waals surface area contributed by atoms with Crippen LogP contribution in [0.4, 0.5) is 0 Å². The maximum atomic E-state index is 8.90. The molecule has 1 aromatic carbocycles. The van der Waals surface area contributed by atoms with Crippen LogP contribution in [0.2, 0.25) is 0 Å². The van der Waals surface area contributed by atoms with E-state index in [1.54, 1.807) is 11.3 Å². The Morgan fingerprint density at radius 3 is 2.65 bits per heavy atom. The first-order chi connectivity index (χ1) is 8.13. The molecule has 0 fully saturated rings. The lowest BCUT2D eigenvalue weighted by Gasteiger charge is -2.08. The maximum Gasteiger partial charge on any atom is 0.123 e. The normalized spacial score (nSPS) is 10.8. The van der Waals surface area contributed by atoms with Gasteiger partial charge in [-0.2, -0.15) is 0 Å². The molecule has 1 N–H and O–H groups in total. The number of aliphatic hydroxyl groups is 1. The van der Waals surface area contributed by atoms with E-state index in [2.05, 4.69) is 37.9 Å². The third-order valence-corrected chi connectivity index (χ3v) is 4.13. The highest BCUT2D eigenvalue weighted by Gasteiger charge is 2.09. The van der Waals surface area contributed by atoms with Gasteiger partial charge in [0.25, 0.3) is 0 Å². The van der Waals surface area contributed by atoms with E-state index in [0.29, 0.717) is 6.42 Å². The summed E-state index contributed by atoms with van der Waals surface area (Å²) in [6.07, 6.45) is 0.639. The molecule has 0 saturated carbocycles. The largest absolute Gasteiger partial charge is 0.396 e. The minimum absolute atomic E-state index is 0.162. The van der Waals surface area contributed by atoms with E-state index in [0.717, 1.165) is 10.7 Å². The Hall–Kier alpha value is -1.19. The molecule has 0 aliphatic rings.